The molecular formula is C26H31N3O5S. The number of amides is 1. The normalized spacial score (nSPS) is 19.4. The van der Waals surface area contributed by atoms with Crippen LogP contribution in [0.3, 0.4) is 0 Å². The first kappa shape index (κ1) is 25.0. The van der Waals surface area contributed by atoms with E-state index in [0.29, 0.717) is 6.04 Å². The minimum absolute atomic E-state index is 0.0441. The average Bonchev–Trinajstić information content (AvgIpc) is 3.25. The summed E-state index contributed by atoms with van der Waals surface area (Å²) in [7, 11) is -1.98. The van der Waals surface area contributed by atoms with Crippen LogP contribution in [0, 0.1) is 5.92 Å². The summed E-state index contributed by atoms with van der Waals surface area (Å²) in [4.78, 5) is 20.3. The third-order valence-corrected chi connectivity index (χ3v) is 7.66. The Bertz CT molecular complexity index is 1360. The van der Waals surface area contributed by atoms with Crippen molar-refractivity contribution >= 4 is 32.5 Å². The van der Waals surface area contributed by atoms with Gasteiger partial charge < -0.3 is 15.0 Å². The Hall–Kier alpha value is -3.14. The first-order valence-corrected chi connectivity index (χ1v) is 13.1. The van der Waals surface area contributed by atoms with E-state index in [9.17, 15) is 13.2 Å². The van der Waals surface area contributed by atoms with Crippen LogP contribution in [0.2, 0.25) is 0 Å². The number of H-pyrrole nitrogens is 1. The molecule has 2 aromatic carbocycles. The van der Waals surface area contributed by atoms with E-state index in [0.717, 1.165) is 38.2 Å². The zero-order valence-electron chi connectivity index (χ0n) is 20.1. The molecule has 1 aliphatic heterocycles. The maximum Gasteiger partial charge on any atom is 0.294 e. The number of aromatic hydroxyl groups is 1. The zero-order valence-corrected chi connectivity index (χ0v) is 20.9. The molecule has 0 saturated heterocycles. The van der Waals surface area contributed by atoms with Gasteiger partial charge in [0.25, 0.3) is 10.1 Å². The number of nitrogens with one attached hydrogen (secondary N) is 1. The topological polar surface area (TPSA) is 114 Å². The fourth-order valence-electron chi connectivity index (χ4n) is 4.99. The highest BCUT2D eigenvalue weighted by molar-refractivity contribution is 7.85. The fraction of sp³-hybridized carbons (Fsp3) is 0.346. The fourth-order valence-corrected chi connectivity index (χ4v) is 5.47. The SMILES string of the molecule is CCN(CC)C(=O)[C@@H]1C=C2c3cccc4[nH]cc(c34)C[C@H]2N(C)C1.O=S(=O)(O)c1ccc(O)cc1. The van der Waals surface area contributed by atoms with Crippen LogP contribution in [0.4, 0.5) is 0 Å². The molecule has 0 saturated carbocycles. The minimum atomic E-state index is -4.13. The molecule has 3 N–H and O–H groups in total. The van der Waals surface area contributed by atoms with E-state index in [4.69, 9.17) is 9.66 Å². The molecule has 2 aliphatic rings. The first-order chi connectivity index (χ1) is 16.6. The maximum atomic E-state index is 12.9. The minimum Gasteiger partial charge on any atom is -0.508 e. The van der Waals surface area contributed by atoms with Gasteiger partial charge in [-0.2, -0.15) is 8.42 Å². The number of benzene rings is 2. The zero-order chi connectivity index (χ0) is 25.3. The smallest absolute Gasteiger partial charge is 0.294 e. The number of phenolic OH excluding ortho intramolecular Hbond substituents is 1. The third-order valence-electron chi connectivity index (χ3n) is 6.80. The van der Waals surface area contributed by atoms with Gasteiger partial charge in [-0.3, -0.25) is 14.2 Å². The van der Waals surface area contributed by atoms with Crippen LogP contribution in [0.1, 0.15) is 25.0 Å². The van der Waals surface area contributed by atoms with Crippen LogP contribution >= 0.6 is 0 Å². The number of nitrogens with zero attached hydrogens (tertiary/aromatic N) is 2. The van der Waals surface area contributed by atoms with E-state index in [2.05, 4.69) is 61.3 Å². The van der Waals surface area contributed by atoms with E-state index in [1.54, 1.807) is 0 Å². The number of aromatic nitrogens is 1. The lowest BCUT2D eigenvalue weighted by Gasteiger charge is -2.40. The molecule has 0 unspecified atom stereocenters. The lowest BCUT2D eigenvalue weighted by atomic mass is 9.79. The Morgan fingerprint density at radius 2 is 1.83 bits per heavy atom. The summed E-state index contributed by atoms with van der Waals surface area (Å²) in [6.07, 6.45) is 5.41. The van der Waals surface area contributed by atoms with Gasteiger partial charge in [0, 0.05) is 42.8 Å². The largest absolute Gasteiger partial charge is 0.508 e. The summed E-state index contributed by atoms with van der Waals surface area (Å²) in [5.41, 5.74) is 5.21. The van der Waals surface area contributed by atoms with Crippen molar-refractivity contribution in [3.05, 3.63) is 65.9 Å². The van der Waals surface area contributed by atoms with Crippen molar-refractivity contribution in [2.24, 2.45) is 5.92 Å². The summed E-state index contributed by atoms with van der Waals surface area (Å²) < 4.78 is 29.3. The van der Waals surface area contributed by atoms with Crippen LogP contribution < -0.4 is 0 Å². The molecule has 1 amide bonds. The van der Waals surface area contributed by atoms with E-state index < -0.39 is 10.1 Å². The highest BCUT2D eigenvalue weighted by Crippen LogP contribution is 2.40. The summed E-state index contributed by atoms with van der Waals surface area (Å²) >= 11 is 0. The van der Waals surface area contributed by atoms with Crippen LogP contribution in [0.5, 0.6) is 5.75 Å². The quantitative estimate of drug-likeness (QED) is 0.475. The third kappa shape index (κ3) is 4.98. The second-order valence-corrected chi connectivity index (χ2v) is 10.3. The molecule has 5 rings (SSSR count). The molecule has 1 aromatic heterocycles. The second-order valence-electron chi connectivity index (χ2n) is 8.91. The molecule has 8 nitrogen and oxygen atoms in total. The summed E-state index contributed by atoms with van der Waals surface area (Å²) in [5, 5.41) is 10.1. The lowest BCUT2D eigenvalue weighted by molar-refractivity contribution is -0.134. The van der Waals surface area contributed by atoms with Gasteiger partial charge >= 0.3 is 0 Å². The molecule has 3 aromatic rings. The molecule has 0 spiro atoms. The summed E-state index contributed by atoms with van der Waals surface area (Å²) in [6, 6.07) is 11.4. The predicted molar refractivity (Wildman–Crippen MR) is 136 cm³/mol. The standard InChI is InChI=1S/C20H25N3O.C6H6O4S/c1-4-23(5-2)20(24)14-9-16-15-7-6-8-17-19(15)13(11-21-17)10-18(16)22(3)12-14;7-5-1-3-6(4-2-5)11(8,9)10/h6-9,11,14,18,21H,4-5,10,12H2,1-3H3;1-4,7H,(H,8,9,10)/t14-,18-;/m1./s1. The molecular weight excluding hydrogens is 466 g/mol. The van der Waals surface area contributed by atoms with Crippen LogP contribution in [-0.4, -0.2) is 71.5 Å². The molecule has 2 heterocycles. The number of hydrogen-bond donors (Lipinski definition) is 3. The number of likely N-dealkylation sites (N-methyl/N-ethyl adjacent to an activating group) is 1. The molecule has 1 aliphatic carbocycles. The van der Waals surface area contributed by atoms with Crippen LogP contribution in [-0.2, 0) is 21.3 Å². The van der Waals surface area contributed by atoms with E-state index in [1.807, 2.05) is 4.90 Å². The summed E-state index contributed by atoms with van der Waals surface area (Å²) in [5.74, 6) is 0.166. The molecule has 2 atom stereocenters. The Morgan fingerprint density at radius 3 is 2.46 bits per heavy atom. The van der Waals surface area contributed by atoms with E-state index >= 15 is 0 Å². The molecule has 0 radical (unpaired) electrons. The van der Waals surface area contributed by atoms with E-state index in [-0.39, 0.29) is 22.5 Å². The number of rotatable bonds is 4. The van der Waals surface area contributed by atoms with Gasteiger partial charge in [-0.05, 0) is 74.3 Å². The Morgan fingerprint density at radius 1 is 1.14 bits per heavy atom. The molecule has 35 heavy (non-hydrogen) atoms. The highest BCUT2D eigenvalue weighted by Gasteiger charge is 2.36. The molecule has 9 heteroatoms. The monoisotopic (exact) mass is 497 g/mol. The van der Waals surface area contributed by atoms with Crippen molar-refractivity contribution < 1.29 is 22.9 Å². The van der Waals surface area contributed by atoms with Crippen LogP contribution in [0.25, 0.3) is 16.5 Å². The van der Waals surface area contributed by atoms with Crippen molar-refractivity contribution in [2.75, 3.05) is 26.7 Å². The Balaban J connectivity index is 0.000000221. The highest BCUT2D eigenvalue weighted by atomic mass is 32.2. The Labute approximate surface area is 205 Å². The van der Waals surface area contributed by atoms with Gasteiger partial charge in [-0.15, -0.1) is 0 Å². The number of fused-ring (bicyclic) bond motifs is 2. The first-order valence-electron chi connectivity index (χ1n) is 11.7. The number of carbonyl (C=O) groups excluding carboxylic acids is 1. The number of phenols is 1. The van der Waals surface area contributed by atoms with Gasteiger partial charge in [0.15, 0.2) is 0 Å². The van der Waals surface area contributed by atoms with Crippen molar-refractivity contribution in [2.45, 2.75) is 31.2 Å². The maximum absolute atomic E-state index is 12.9. The molecule has 186 valence electrons. The van der Waals surface area contributed by atoms with Crippen molar-refractivity contribution in [3.63, 3.8) is 0 Å². The van der Waals surface area contributed by atoms with Crippen molar-refractivity contribution in [3.8, 4) is 5.75 Å². The van der Waals surface area contributed by atoms with Crippen molar-refractivity contribution in [1.82, 2.24) is 14.8 Å². The van der Waals surface area contributed by atoms with Gasteiger partial charge in [0.2, 0.25) is 5.91 Å². The van der Waals surface area contributed by atoms with Gasteiger partial charge in [-0.1, -0.05) is 18.2 Å². The molecule has 0 fully saturated rings. The predicted octanol–water partition coefficient (Wildman–Crippen LogP) is 3.54. The lowest BCUT2D eigenvalue weighted by Crippen LogP contribution is -2.47. The number of aromatic amines is 1. The number of carbonyl (C=O) groups is 1. The van der Waals surface area contributed by atoms with Crippen LogP contribution in [0.15, 0.2) is 59.6 Å². The second kappa shape index (κ2) is 9.85. The summed E-state index contributed by atoms with van der Waals surface area (Å²) in [6.45, 7) is 6.47. The van der Waals surface area contributed by atoms with Gasteiger partial charge in [-0.25, -0.2) is 0 Å². The van der Waals surface area contributed by atoms with Gasteiger partial charge in [0.05, 0.1) is 10.8 Å². The van der Waals surface area contributed by atoms with Crippen molar-refractivity contribution in [1.29, 1.82) is 0 Å². The van der Waals surface area contributed by atoms with Gasteiger partial charge in [0.1, 0.15) is 5.75 Å². The average molecular weight is 498 g/mol. The van der Waals surface area contributed by atoms with E-state index in [1.165, 1.54) is 39.7 Å². The molecule has 0 bridgehead atoms. The Kier molecular flexibility index (Phi) is 7.02. The number of hydrogen-bond acceptors (Lipinski definition) is 5.